The van der Waals surface area contributed by atoms with Crippen LogP contribution in [0, 0.1) is 0 Å². The molecule has 32 heavy (non-hydrogen) atoms. The van der Waals surface area contributed by atoms with Crippen molar-refractivity contribution in [2.24, 2.45) is 0 Å². The summed E-state index contributed by atoms with van der Waals surface area (Å²) in [5.41, 5.74) is 13.1. The van der Waals surface area contributed by atoms with Crippen molar-refractivity contribution >= 4 is 32.2 Å². The van der Waals surface area contributed by atoms with Gasteiger partial charge in [-0.1, -0.05) is 130 Å². The van der Waals surface area contributed by atoms with Crippen molar-refractivity contribution in [1.29, 1.82) is 0 Å². The highest BCUT2D eigenvalue weighted by Gasteiger charge is 2.28. The Balaban J connectivity index is 2.92. The van der Waals surface area contributed by atoms with Gasteiger partial charge in [-0.2, -0.15) is 0 Å². The summed E-state index contributed by atoms with van der Waals surface area (Å²) in [6, 6.07) is 15.6. The monoisotopic (exact) mass is 462 g/mol. The summed E-state index contributed by atoms with van der Waals surface area (Å²) in [6.07, 6.45) is 0. The van der Waals surface area contributed by atoms with Crippen LogP contribution in [0.25, 0.3) is 5.20 Å². The Kier molecular flexibility index (Phi) is 7.76. The third-order valence-electron chi connectivity index (χ3n) is 5.75. The summed E-state index contributed by atoms with van der Waals surface area (Å²) < 4.78 is 0. The minimum absolute atomic E-state index is 0.0655. The molecule has 0 radical (unpaired) electrons. The smallest absolute Gasteiger partial charge is 0.0657 e. The summed E-state index contributed by atoms with van der Waals surface area (Å²) in [7, 11) is -0.455. The molecule has 2 heteroatoms. The van der Waals surface area contributed by atoms with E-state index in [0.29, 0.717) is 0 Å². The molecule has 0 heterocycles. The molecule has 0 nitrogen and oxygen atoms in total. The molecule has 0 spiro atoms. The Morgan fingerprint density at radius 1 is 0.719 bits per heavy atom. The first-order chi connectivity index (χ1) is 14.4. The molecule has 2 aromatic carbocycles. The SMILES string of the molecule is CC(C)(C)c1cc(C(C)(C)C)c(P=C=C=C(c2ccccc2)[Si](C)(C)C)c(C(C)(C)C)c1. The molecule has 2 aromatic rings. The molecule has 0 fully saturated rings. The van der Waals surface area contributed by atoms with Crippen LogP contribution in [0.1, 0.15) is 84.6 Å². The van der Waals surface area contributed by atoms with Gasteiger partial charge in [0, 0.05) is 5.30 Å². The summed E-state index contributed by atoms with van der Waals surface area (Å²) >= 11 is 0. The average molecular weight is 463 g/mol. The quantitative estimate of drug-likeness (QED) is 0.243. The van der Waals surface area contributed by atoms with Gasteiger partial charge in [-0.25, -0.2) is 0 Å². The lowest BCUT2D eigenvalue weighted by molar-refractivity contribution is 0.554. The first-order valence-electron chi connectivity index (χ1n) is 11.8. The van der Waals surface area contributed by atoms with E-state index in [2.05, 4.69) is 136 Å². The summed E-state index contributed by atoms with van der Waals surface area (Å²) in [6.45, 7) is 28.1. The van der Waals surface area contributed by atoms with E-state index in [1.54, 1.807) is 0 Å². The van der Waals surface area contributed by atoms with Gasteiger partial charge in [-0.3, -0.25) is 0 Å². The Bertz CT molecular complexity index is 1010. The molecule has 0 atom stereocenters. The van der Waals surface area contributed by atoms with Crippen LogP contribution in [-0.4, -0.2) is 13.5 Å². The zero-order valence-corrected chi connectivity index (χ0v) is 24.4. The van der Waals surface area contributed by atoms with Crippen molar-refractivity contribution in [2.75, 3.05) is 0 Å². The van der Waals surface area contributed by atoms with Crippen LogP contribution in [0.2, 0.25) is 19.6 Å². The fourth-order valence-corrected chi connectivity index (χ4v) is 6.66. The molecule has 0 amide bonds. The van der Waals surface area contributed by atoms with Crippen LogP contribution >= 0.6 is 8.20 Å². The highest BCUT2D eigenvalue weighted by atomic mass is 31.1. The van der Waals surface area contributed by atoms with Crippen molar-refractivity contribution in [3.8, 4) is 0 Å². The van der Waals surface area contributed by atoms with Gasteiger partial charge >= 0.3 is 0 Å². The van der Waals surface area contributed by atoms with Crippen molar-refractivity contribution in [3.05, 3.63) is 70.4 Å². The van der Waals surface area contributed by atoms with Gasteiger partial charge in [-0.05, 0) is 57.4 Å². The van der Waals surface area contributed by atoms with E-state index in [1.165, 1.54) is 32.8 Å². The highest BCUT2D eigenvalue weighted by molar-refractivity contribution is 7.46. The molecule has 0 aliphatic rings. The third-order valence-corrected chi connectivity index (χ3v) is 8.60. The fourth-order valence-electron chi connectivity index (χ4n) is 3.77. The van der Waals surface area contributed by atoms with Crippen molar-refractivity contribution < 1.29 is 0 Å². The van der Waals surface area contributed by atoms with E-state index in [-0.39, 0.29) is 16.2 Å². The van der Waals surface area contributed by atoms with E-state index in [0.717, 1.165) is 8.20 Å². The first-order valence-corrected chi connectivity index (χ1v) is 16.2. The molecule has 0 unspecified atom stereocenters. The topological polar surface area (TPSA) is 0 Å². The predicted octanol–water partition coefficient (Wildman–Crippen LogP) is 8.67. The van der Waals surface area contributed by atoms with Crippen LogP contribution in [0.4, 0.5) is 0 Å². The number of hydrogen-bond acceptors (Lipinski definition) is 0. The molecule has 0 aromatic heterocycles. The Hall–Kier alpha value is -1.61. The van der Waals surface area contributed by atoms with Crippen molar-refractivity contribution in [1.82, 2.24) is 0 Å². The predicted molar refractivity (Wildman–Crippen MR) is 151 cm³/mol. The van der Waals surface area contributed by atoms with E-state index in [9.17, 15) is 0 Å². The maximum atomic E-state index is 3.64. The average Bonchev–Trinajstić information content (AvgIpc) is 2.62. The molecule has 2 rings (SSSR count). The van der Waals surface area contributed by atoms with Crippen molar-refractivity contribution in [2.45, 2.75) is 98.2 Å². The van der Waals surface area contributed by atoms with Crippen molar-refractivity contribution in [3.63, 3.8) is 0 Å². The molecular formula is C30H43PSi. The van der Waals surface area contributed by atoms with Gasteiger partial charge in [-0.15, -0.1) is 0 Å². The van der Waals surface area contributed by atoms with Crippen LogP contribution < -0.4 is 5.30 Å². The second-order valence-electron chi connectivity index (χ2n) is 13.0. The summed E-state index contributed by atoms with van der Waals surface area (Å²) in [4.78, 5) is 0. The van der Waals surface area contributed by atoms with E-state index >= 15 is 0 Å². The van der Waals surface area contributed by atoms with Crippen LogP contribution in [0.5, 0.6) is 0 Å². The molecule has 172 valence electrons. The van der Waals surface area contributed by atoms with E-state index in [4.69, 9.17) is 0 Å². The Morgan fingerprint density at radius 2 is 1.19 bits per heavy atom. The molecule has 0 bridgehead atoms. The lowest BCUT2D eigenvalue weighted by Crippen LogP contribution is -2.29. The lowest BCUT2D eigenvalue weighted by atomic mass is 9.75. The molecule has 0 aliphatic carbocycles. The van der Waals surface area contributed by atoms with Crippen LogP contribution in [0.15, 0.2) is 48.2 Å². The zero-order chi connectivity index (χ0) is 24.5. The zero-order valence-electron chi connectivity index (χ0n) is 22.5. The summed E-state index contributed by atoms with van der Waals surface area (Å²) in [5, 5.41) is 2.74. The standard InChI is InChI=1S/C30H43PSi/c1-28(2,3)23-20-24(29(4,5)6)27(25(21-23)30(7,8)9)31-19-18-26(32(10,11)12)22-16-14-13-15-17-22/h13-17,20-21H,1-12H3. The lowest BCUT2D eigenvalue weighted by Gasteiger charge is -2.32. The number of rotatable bonds is 3. The maximum absolute atomic E-state index is 3.64. The van der Waals surface area contributed by atoms with Gasteiger partial charge in [0.05, 0.1) is 8.07 Å². The van der Waals surface area contributed by atoms with Gasteiger partial charge in [0.15, 0.2) is 0 Å². The second kappa shape index (κ2) is 9.33. The van der Waals surface area contributed by atoms with Gasteiger partial charge in [0.2, 0.25) is 0 Å². The molecular weight excluding hydrogens is 419 g/mol. The van der Waals surface area contributed by atoms with Crippen LogP contribution in [0.3, 0.4) is 0 Å². The summed E-state index contributed by atoms with van der Waals surface area (Å²) in [5.74, 6) is 0. The van der Waals surface area contributed by atoms with E-state index < -0.39 is 8.07 Å². The Morgan fingerprint density at radius 3 is 1.56 bits per heavy atom. The third kappa shape index (κ3) is 6.70. The molecule has 0 saturated carbocycles. The molecule has 0 saturated heterocycles. The second-order valence-corrected chi connectivity index (χ2v) is 18.9. The molecule has 0 N–H and O–H groups in total. The molecule has 0 aliphatic heterocycles. The highest BCUT2D eigenvalue weighted by Crippen LogP contribution is 2.35. The van der Waals surface area contributed by atoms with E-state index in [1.807, 2.05) is 0 Å². The van der Waals surface area contributed by atoms with Crippen LogP contribution in [-0.2, 0) is 16.2 Å². The number of hydrogen-bond donors (Lipinski definition) is 0. The van der Waals surface area contributed by atoms with Gasteiger partial charge in [0.25, 0.3) is 0 Å². The number of benzene rings is 2. The Labute approximate surface area is 200 Å². The fraction of sp³-hybridized carbons (Fsp3) is 0.500. The van der Waals surface area contributed by atoms with Gasteiger partial charge in [0.1, 0.15) is 0 Å². The largest absolute Gasteiger partial charge is 0.0892 e. The normalized spacial score (nSPS) is 13.0. The maximum Gasteiger partial charge on any atom is 0.0892 e. The minimum atomic E-state index is -1.56. The minimum Gasteiger partial charge on any atom is -0.0657 e. The first kappa shape index (κ1) is 26.6. The van der Waals surface area contributed by atoms with Gasteiger partial charge < -0.3 is 0 Å².